The first-order valence-electron chi connectivity index (χ1n) is 14.6. The highest BCUT2D eigenvalue weighted by Crippen LogP contribution is 2.42. The van der Waals surface area contributed by atoms with Gasteiger partial charge in [-0.1, -0.05) is 119 Å². The number of hydrogen-bond donors (Lipinski definition) is 1. The summed E-state index contributed by atoms with van der Waals surface area (Å²) in [4.78, 5) is 12.7. The van der Waals surface area contributed by atoms with Crippen LogP contribution in [0.4, 0.5) is 5.69 Å². The van der Waals surface area contributed by atoms with E-state index in [1.807, 2.05) is 12.1 Å². The average Bonchev–Trinajstić information content (AvgIpc) is 2.83. The Kier molecular flexibility index (Phi) is 18.7. The van der Waals surface area contributed by atoms with Gasteiger partial charge in [-0.25, -0.2) is 0 Å². The van der Waals surface area contributed by atoms with Gasteiger partial charge in [0.15, 0.2) is 0 Å². The summed E-state index contributed by atoms with van der Waals surface area (Å²) in [5, 5.41) is 3.61. The lowest BCUT2D eigenvalue weighted by atomic mass is 10.0. The van der Waals surface area contributed by atoms with Gasteiger partial charge in [0.05, 0.1) is 21.1 Å². The molecular weight excluding hydrogens is 483 g/mol. The number of unbranched alkanes of at least 4 members (excludes halogenated alkanes) is 15. The Morgan fingerprint density at radius 2 is 1.22 bits per heavy atom. The monoisotopic (exact) mass is 537 g/mol. The molecule has 1 unspecified atom stereocenters. The van der Waals surface area contributed by atoms with Crippen LogP contribution >= 0.6 is 7.60 Å². The summed E-state index contributed by atoms with van der Waals surface area (Å²) in [6.45, 7) is 1.09. The zero-order valence-electron chi connectivity index (χ0n) is 24.0. The number of likely N-dealkylation sites (N-methyl/N-ethyl adjacent to an activating group) is 1. The van der Waals surface area contributed by atoms with E-state index in [1.165, 1.54) is 89.0 Å². The van der Waals surface area contributed by atoms with Gasteiger partial charge in [-0.15, -0.1) is 0 Å². The zero-order valence-corrected chi connectivity index (χ0v) is 24.8. The molecule has 1 rings (SSSR count). The van der Waals surface area contributed by atoms with E-state index < -0.39 is 7.60 Å². The molecule has 0 aliphatic heterocycles. The van der Waals surface area contributed by atoms with Gasteiger partial charge in [0.2, 0.25) is 0 Å². The molecule has 0 aromatic heterocycles. The third kappa shape index (κ3) is 21.3. The highest BCUT2D eigenvalue weighted by Gasteiger charge is 2.20. The molecule has 0 spiro atoms. The normalized spacial score (nSPS) is 13.3. The van der Waals surface area contributed by atoms with Crippen molar-refractivity contribution in [3.05, 3.63) is 40.3 Å². The lowest BCUT2D eigenvalue weighted by Crippen LogP contribution is -2.37. The molecule has 0 saturated carbocycles. The van der Waals surface area contributed by atoms with Crippen LogP contribution in [0.5, 0.6) is 0 Å². The summed E-state index contributed by atoms with van der Waals surface area (Å²) in [5.74, 6) is 0. The van der Waals surface area contributed by atoms with E-state index in [0.29, 0.717) is 18.5 Å². The number of nitrogens with zero attached hydrogens (tertiary/aromatic N) is 4. The fourth-order valence-electron chi connectivity index (χ4n) is 4.42. The second kappa shape index (κ2) is 20.6. The lowest BCUT2D eigenvalue weighted by Gasteiger charge is -2.24. The van der Waals surface area contributed by atoms with Crippen molar-refractivity contribution in [1.82, 2.24) is 0 Å². The van der Waals surface area contributed by atoms with Crippen molar-refractivity contribution in [2.75, 3.05) is 40.5 Å². The standard InChI is InChI=1S/C29H53N4O3P/c1-33(2,3)25-26-36-37(34,35)27-19-17-15-13-11-9-7-5-4-6-8-10-12-14-16-18-20-28-21-23-29(24-22-28)31-32-30/h21-24H,4-20,25-27H2,1-3H3/p+1. The van der Waals surface area contributed by atoms with E-state index in [9.17, 15) is 9.46 Å². The summed E-state index contributed by atoms with van der Waals surface area (Å²) < 4.78 is 18.0. The number of hydrogen-bond acceptors (Lipinski definition) is 3. The third-order valence-corrected chi connectivity index (χ3v) is 8.28. The maximum Gasteiger partial charge on any atom is 0.328 e. The topological polar surface area (TPSA) is 95.3 Å². The van der Waals surface area contributed by atoms with Crippen molar-refractivity contribution >= 4 is 13.3 Å². The molecule has 212 valence electrons. The molecule has 0 heterocycles. The minimum absolute atomic E-state index is 0.291. The number of aryl methyl sites for hydroxylation is 1. The molecule has 1 aromatic rings. The molecule has 0 bridgehead atoms. The van der Waals surface area contributed by atoms with Crippen LogP contribution < -0.4 is 0 Å². The Balaban J connectivity index is 1.80. The fourth-order valence-corrected chi connectivity index (χ4v) is 5.54. The molecule has 0 aliphatic rings. The van der Waals surface area contributed by atoms with Gasteiger partial charge in [-0.3, -0.25) is 4.57 Å². The quantitative estimate of drug-likeness (QED) is 0.0355. The first kappa shape index (κ1) is 33.7. The number of benzene rings is 1. The van der Waals surface area contributed by atoms with Crippen molar-refractivity contribution in [2.24, 2.45) is 5.11 Å². The molecule has 1 atom stereocenters. The minimum Gasteiger partial charge on any atom is -0.329 e. The van der Waals surface area contributed by atoms with E-state index in [1.54, 1.807) is 0 Å². The maximum atomic E-state index is 12.0. The van der Waals surface area contributed by atoms with E-state index in [-0.39, 0.29) is 0 Å². The first-order chi connectivity index (χ1) is 17.7. The SMILES string of the molecule is C[N+](C)(C)CCOP(=O)(O)CCCCCCCCCCCCCCCCCCc1ccc(N=[N+]=[N-])cc1. The summed E-state index contributed by atoms with van der Waals surface area (Å²) >= 11 is 0. The molecule has 0 aliphatic carbocycles. The molecular formula is C29H54N4O3P+. The largest absolute Gasteiger partial charge is 0.329 e. The van der Waals surface area contributed by atoms with Crippen molar-refractivity contribution in [3.63, 3.8) is 0 Å². The highest BCUT2D eigenvalue weighted by molar-refractivity contribution is 7.52. The summed E-state index contributed by atoms with van der Waals surface area (Å²) in [5.41, 5.74) is 10.5. The average molecular weight is 538 g/mol. The second-order valence-corrected chi connectivity index (χ2v) is 13.5. The van der Waals surface area contributed by atoms with E-state index in [4.69, 9.17) is 10.1 Å². The first-order valence-corrected chi connectivity index (χ1v) is 16.4. The van der Waals surface area contributed by atoms with Crippen LogP contribution in [0, 0.1) is 0 Å². The van der Waals surface area contributed by atoms with Crippen molar-refractivity contribution < 1.29 is 18.5 Å². The van der Waals surface area contributed by atoms with Gasteiger partial charge in [0.25, 0.3) is 0 Å². The van der Waals surface area contributed by atoms with E-state index >= 15 is 0 Å². The molecule has 7 nitrogen and oxygen atoms in total. The van der Waals surface area contributed by atoms with Crippen molar-refractivity contribution in [1.29, 1.82) is 0 Å². The molecule has 1 N–H and O–H groups in total. The van der Waals surface area contributed by atoms with Crippen LogP contribution in [0.3, 0.4) is 0 Å². The lowest BCUT2D eigenvalue weighted by molar-refractivity contribution is -0.870. The van der Waals surface area contributed by atoms with E-state index in [2.05, 4.69) is 43.3 Å². The minimum atomic E-state index is -3.40. The molecule has 37 heavy (non-hydrogen) atoms. The van der Waals surface area contributed by atoms with Crippen LogP contribution in [0.2, 0.25) is 0 Å². The highest BCUT2D eigenvalue weighted by atomic mass is 31.2. The predicted octanol–water partition coefficient (Wildman–Crippen LogP) is 9.32. The van der Waals surface area contributed by atoms with Crippen LogP contribution in [0.1, 0.15) is 108 Å². The molecule has 8 heteroatoms. The summed E-state index contributed by atoms with van der Waals surface area (Å²) in [6, 6.07) is 7.91. The predicted molar refractivity (Wildman–Crippen MR) is 156 cm³/mol. The third-order valence-electron chi connectivity index (χ3n) is 6.81. The van der Waals surface area contributed by atoms with Gasteiger partial charge in [0.1, 0.15) is 13.2 Å². The second-order valence-electron chi connectivity index (χ2n) is 11.5. The molecule has 1 aromatic carbocycles. The Bertz CT molecular complexity index is 789. The molecule has 0 radical (unpaired) electrons. The number of rotatable bonds is 24. The fraction of sp³-hybridized carbons (Fsp3) is 0.793. The van der Waals surface area contributed by atoms with Gasteiger partial charge in [0, 0.05) is 16.8 Å². The summed E-state index contributed by atoms with van der Waals surface area (Å²) in [6.07, 6.45) is 21.6. The molecule has 0 amide bonds. The Hall–Kier alpha value is -1.36. The van der Waals surface area contributed by atoms with Gasteiger partial charge >= 0.3 is 7.60 Å². The Labute approximate surface area is 226 Å². The van der Waals surface area contributed by atoms with Crippen molar-refractivity contribution in [2.45, 2.75) is 109 Å². The van der Waals surface area contributed by atoms with Gasteiger partial charge in [-0.2, -0.15) is 0 Å². The van der Waals surface area contributed by atoms with Crippen LogP contribution in [-0.2, 0) is 15.5 Å². The maximum absolute atomic E-state index is 12.0. The van der Waals surface area contributed by atoms with Gasteiger partial charge in [-0.05, 0) is 30.4 Å². The Morgan fingerprint density at radius 3 is 1.65 bits per heavy atom. The van der Waals surface area contributed by atoms with E-state index in [0.717, 1.165) is 36.7 Å². The van der Waals surface area contributed by atoms with Crippen LogP contribution in [0.15, 0.2) is 29.4 Å². The number of azide groups is 1. The van der Waals surface area contributed by atoms with Crippen LogP contribution in [-0.4, -0.2) is 49.8 Å². The van der Waals surface area contributed by atoms with Gasteiger partial charge < -0.3 is 13.9 Å². The zero-order chi connectivity index (χ0) is 27.2. The molecule has 0 fully saturated rings. The Morgan fingerprint density at radius 1 is 0.784 bits per heavy atom. The van der Waals surface area contributed by atoms with Crippen LogP contribution in [0.25, 0.3) is 10.4 Å². The smallest absolute Gasteiger partial charge is 0.328 e. The summed E-state index contributed by atoms with van der Waals surface area (Å²) in [7, 11) is 2.75. The number of quaternary nitrogens is 1. The van der Waals surface area contributed by atoms with Crippen molar-refractivity contribution in [3.8, 4) is 0 Å². The molecule has 0 saturated heterocycles.